The van der Waals surface area contributed by atoms with Gasteiger partial charge < -0.3 is 0 Å². The van der Waals surface area contributed by atoms with E-state index in [1.54, 1.807) is 0 Å². The van der Waals surface area contributed by atoms with Gasteiger partial charge in [0.1, 0.15) is 0 Å². The molecule has 0 N–H and O–H groups in total. The second kappa shape index (κ2) is 4.30. The smallest absolute Gasteiger partial charge is 0.0702 e. The van der Waals surface area contributed by atoms with Crippen LogP contribution in [0.2, 0.25) is 0 Å². The number of para-hydroxylation sites is 1. The van der Waals surface area contributed by atoms with E-state index in [2.05, 4.69) is 45.2 Å². The van der Waals surface area contributed by atoms with E-state index in [1.807, 2.05) is 36.5 Å². The van der Waals surface area contributed by atoms with Gasteiger partial charge in [0.2, 0.25) is 0 Å². The summed E-state index contributed by atoms with van der Waals surface area (Å²) in [4.78, 5) is 4.47. The number of benzene rings is 2. The zero-order chi connectivity index (χ0) is 11.7. The summed E-state index contributed by atoms with van der Waals surface area (Å²) >= 11 is 3.44. The van der Waals surface area contributed by atoms with Crippen molar-refractivity contribution in [1.29, 1.82) is 0 Å². The van der Waals surface area contributed by atoms with Crippen LogP contribution in [0.15, 0.2) is 65.3 Å². The summed E-state index contributed by atoms with van der Waals surface area (Å²) in [6.07, 6.45) is 1.92. The molecule has 2 heteroatoms. The molecule has 1 nitrogen and oxygen atoms in total. The fourth-order valence-electron chi connectivity index (χ4n) is 1.87. The largest absolute Gasteiger partial charge is 0.256 e. The van der Waals surface area contributed by atoms with Gasteiger partial charge in [-0.25, -0.2) is 0 Å². The molecule has 0 unspecified atom stereocenters. The van der Waals surface area contributed by atoms with Gasteiger partial charge in [-0.05, 0) is 29.8 Å². The van der Waals surface area contributed by atoms with Gasteiger partial charge >= 0.3 is 0 Å². The summed E-state index contributed by atoms with van der Waals surface area (Å²) in [5.41, 5.74) is 3.37. The Balaban J connectivity index is 2.14. The second-order valence-electron chi connectivity index (χ2n) is 3.92. The molecule has 3 rings (SSSR count). The first kappa shape index (κ1) is 10.5. The molecule has 0 fully saturated rings. The maximum absolute atomic E-state index is 4.47. The van der Waals surface area contributed by atoms with Gasteiger partial charge in [-0.3, -0.25) is 4.98 Å². The van der Waals surface area contributed by atoms with Crippen LogP contribution < -0.4 is 0 Å². The third-order valence-corrected chi connectivity index (χ3v) is 3.30. The second-order valence-corrected chi connectivity index (χ2v) is 4.84. The van der Waals surface area contributed by atoms with Crippen molar-refractivity contribution in [2.75, 3.05) is 0 Å². The highest BCUT2D eigenvalue weighted by Crippen LogP contribution is 2.24. The Kier molecular flexibility index (Phi) is 2.65. The molecule has 0 atom stereocenters. The summed E-state index contributed by atoms with van der Waals surface area (Å²) in [6.45, 7) is 0. The summed E-state index contributed by atoms with van der Waals surface area (Å²) in [7, 11) is 0. The van der Waals surface area contributed by atoms with Crippen LogP contribution in [0, 0.1) is 0 Å². The zero-order valence-electron chi connectivity index (χ0n) is 9.10. The SMILES string of the molecule is Brc1ccc(-c2cnc3ccccc3c2)cc1. The molecule has 82 valence electrons. The minimum absolute atomic E-state index is 1.04. The lowest BCUT2D eigenvalue weighted by atomic mass is 10.1. The maximum atomic E-state index is 4.47. The minimum atomic E-state index is 1.04. The standard InChI is InChI=1S/C15H10BrN/c16-14-7-5-11(6-8-14)13-9-12-3-1-2-4-15(12)17-10-13/h1-10H. The number of rotatable bonds is 1. The molecule has 1 heterocycles. The molecule has 0 aliphatic carbocycles. The van der Waals surface area contributed by atoms with E-state index in [4.69, 9.17) is 0 Å². The lowest BCUT2D eigenvalue weighted by Gasteiger charge is -2.03. The lowest BCUT2D eigenvalue weighted by Crippen LogP contribution is -1.82. The molecule has 2 aromatic carbocycles. The summed E-state index contributed by atoms with van der Waals surface area (Å²) in [5, 5.41) is 1.17. The van der Waals surface area contributed by atoms with E-state index in [0.717, 1.165) is 15.6 Å². The van der Waals surface area contributed by atoms with Crippen LogP contribution in [-0.4, -0.2) is 4.98 Å². The molecule has 3 aromatic rings. The first-order valence-corrected chi connectivity index (χ1v) is 6.23. The Labute approximate surface area is 108 Å². The number of nitrogens with zero attached hydrogens (tertiary/aromatic N) is 1. The Morgan fingerprint density at radius 1 is 0.824 bits per heavy atom. The number of halogens is 1. The fourth-order valence-corrected chi connectivity index (χ4v) is 2.14. The van der Waals surface area contributed by atoms with Crippen LogP contribution >= 0.6 is 15.9 Å². The van der Waals surface area contributed by atoms with E-state index in [-0.39, 0.29) is 0 Å². The summed E-state index contributed by atoms with van der Waals surface area (Å²) < 4.78 is 1.09. The molecule has 1 aromatic heterocycles. The molecule has 0 amide bonds. The topological polar surface area (TPSA) is 12.9 Å². The molecular formula is C15H10BrN. The van der Waals surface area contributed by atoms with Gasteiger partial charge in [-0.15, -0.1) is 0 Å². The molecule has 0 saturated heterocycles. The van der Waals surface area contributed by atoms with Gasteiger partial charge in [0.15, 0.2) is 0 Å². The van der Waals surface area contributed by atoms with E-state index in [1.165, 1.54) is 10.9 Å². The van der Waals surface area contributed by atoms with E-state index >= 15 is 0 Å². The van der Waals surface area contributed by atoms with Crippen molar-refractivity contribution in [2.45, 2.75) is 0 Å². The van der Waals surface area contributed by atoms with Gasteiger partial charge in [0, 0.05) is 21.6 Å². The van der Waals surface area contributed by atoms with Crippen LogP contribution in [0.4, 0.5) is 0 Å². The van der Waals surface area contributed by atoms with E-state index in [9.17, 15) is 0 Å². The highest BCUT2D eigenvalue weighted by atomic mass is 79.9. The zero-order valence-corrected chi connectivity index (χ0v) is 10.7. The van der Waals surface area contributed by atoms with Crippen LogP contribution in [0.1, 0.15) is 0 Å². The summed E-state index contributed by atoms with van der Waals surface area (Å²) in [5.74, 6) is 0. The average molecular weight is 284 g/mol. The highest BCUT2D eigenvalue weighted by molar-refractivity contribution is 9.10. The number of fused-ring (bicyclic) bond motifs is 1. The molecule has 17 heavy (non-hydrogen) atoms. The maximum Gasteiger partial charge on any atom is 0.0702 e. The Morgan fingerprint density at radius 2 is 1.59 bits per heavy atom. The van der Waals surface area contributed by atoms with Crippen molar-refractivity contribution in [3.63, 3.8) is 0 Å². The number of hydrogen-bond donors (Lipinski definition) is 0. The third kappa shape index (κ3) is 2.08. The molecule has 0 aliphatic rings. The highest BCUT2D eigenvalue weighted by Gasteiger charge is 2.00. The first-order valence-electron chi connectivity index (χ1n) is 5.44. The predicted octanol–water partition coefficient (Wildman–Crippen LogP) is 4.66. The van der Waals surface area contributed by atoms with Crippen molar-refractivity contribution in [3.8, 4) is 11.1 Å². The normalized spacial score (nSPS) is 10.6. The quantitative estimate of drug-likeness (QED) is 0.633. The molecule has 0 bridgehead atoms. The average Bonchev–Trinajstić information content (AvgIpc) is 2.39. The van der Waals surface area contributed by atoms with Gasteiger partial charge in [-0.1, -0.05) is 46.3 Å². The third-order valence-electron chi connectivity index (χ3n) is 2.77. The first-order chi connectivity index (χ1) is 8.33. The van der Waals surface area contributed by atoms with E-state index in [0.29, 0.717) is 0 Å². The predicted molar refractivity (Wildman–Crippen MR) is 74.9 cm³/mol. The van der Waals surface area contributed by atoms with Crippen LogP contribution in [0.25, 0.3) is 22.0 Å². The molecule has 0 spiro atoms. The van der Waals surface area contributed by atoms with Crippen molar-refractivity contribution < 1.29 is 0 Å². The van der Waals surface area contributed by atoms with Gasteiger partial charge in [0.25, 0.3) is 0 Å². The monoisotopic (exact) mass is 283 g/mol. The molecule has 0 saturated carbocycles. The van der Waals surface area contributed by atoms with Crippen LogP contribution in [-0.2, 0) is 0 Å². The minimum Gasteiger partial charge on any atom is -0.256 e. The molecule has 0 aliphatic heterocycles. The van der Waals surface area contributed by atoms with E-state index < -0.39 is 0 Å². The Bertz CT molecular complexity index is 659. The number of pyridine rings is 1. The van der Waals surface area contributed by atoms with Gasteiger partial charge in [-0.2, -0.15) is 0 Å². The van der Waals surface area contributed by atoms with Crippen molar-refractivity contribution in [1.82, 2.24) is 4.98 Å². The lowest BCUT2D eigenvalue weighted by molar-refractivity contribution is 1.41. The van der Waals surface area contributed by atoms with Crippen LogP contribution in [0.3, 0.4) is 0 Å². The van der Waals surface area contributed by atoms with Crippen molar-refractivity contribution >= 4 is 26.8 Å². The van der Waals surface area contributed by atoms with Crippen LogP contribution in [0.5, 0.6) is 0 Å². The van der Waals surface area contributed by atoms with Crippen molar-refractivity contribution in [2.24, 2.45) is 0 Å². The molecular weight excluding hydrogens is 274 g/mol. The van der Waals surface area contributed by atoms with Gasteiger partial charge in [0.05, 0.1) is 5.52 Å². The number of hydrogen-bond acceptors (Lipinski definition) is 1. The summed E-state index contributed by atoms with van der Waals surface area (Å²) in [6, 6.07) is 18.6. The molecule has 0 radical (unpaired) electrons. The number of aromatic nitrogens is 1. The fraction of sp³-hybridized carbons (Fsp3) is 0. The van der Waals surface area contributed by atoms with Crippen molar-refractivity contribution in [3.05, 3.63) is 65.3 Å². The Morgan fingerprint density at radius 3 is 2.41 bits per heavy atom. The Hall–Kier alpha value is -1.67.